The van der Waals surface area contributed by atoms with E-state index < -0.39 is 0 Å². The monoisotopic (exact) mass is 402 g/mol. The van der Waals surface area contributed by atoms with Crippen molar-refractivity contribution in [1.29, 1.82) is 0 Å². The van der Waals surface area contributed by atoms with Gasteiger partial charge in [0.1, 0.15) is 0 Å². The van der Waals surface area contributed by atoms with Crippen LogP contribution in [0.4, 0.5) is 0 Å². The number of esters is 1. The van der Waals surface area contributed by atoms with E-state index in [2.05, 4.69) is 67.7 Å². The maximum absolute atomic E-state index is 11.9. The zero-order chi connectivity index (χ0) is 20.9. The summed E-state index contributed by atoms with van der Waals surface area (Å²) in [5, 5.41) is 0. The lowest BCUT2D eigenvalue weighted by atomic mass is 9.98. The number of thiocarbonyl (C=S) groups is 1. The number of allylic oxidation sites excluding steroid dienone is 10. The van der Waals surface area contributed by atoms with Crippen LogP contribution in [0.5, 0.6) is 0 Å². The summed E-state index contributed by atoms with van der Waals surface area (Å²) in [6.07, 6.45) is 29.2. The van der Waals surface area contributed by atoms with Crippen LogP contribution < -0.4 is 0 Å². The zero-order valence-corrected chi connectivity index (χ0v) is 18.8. The van der Waals surface area contributed by atoms with Crippen LogP contribution in [-0.2, 0) is 9.53 Å². The summed E-state index contributed by atoms with van der Waals surface area (Å²) >= 11 is 5.14. The van der Waals surface area contributed by atoms with Crippen molar-refractivity contribution in [1.82, 2.24) is 0 Å². The maximum atomic E-state index is 11.9. The molecule has 0 aliphatic rings. The van der Waals surface area contributed by atoms with E-state index in [4.69, 9.17) is 17.0 Å². The number of carbonyl (C=O) groups is 1. The summed E-state index contributed by atoms with van der Waals surface area (Å²) in [5.41, 5.74) is 0. The molecule has 1 atom stereocenters. The van der Waals surface area contributed by atoms with E-state index in [0.29, 0.717) is 13.0 Å². The van der Waals surface area contributed by atoms with Gasteiger partial charge in [-0.3, -0.25) is 4.79 Å². The number of carbonyl (C=O) groups excluding carboxylic acids is 1. The summed E-state index contributed by atoms with van der Waals surface area (Å²) in [7, 11) is 0. The highest BCUT2D eigenvalue weighted by Crippen LogP contribution is 2.15. The molecular weight excluding hydrogens is 364 g/mol. The Balaban J connectivity index is 3.89. The van der Waals surface area contributed by atoms with Crippen molar-refractivity contribution < 1.29 is 9.53 Å². The first-order valence-corrected chi connectivity index (χ1v) is 10.9. The average molecular weight is 403 g/mol. The minimum absolute atomic E-state index is 0.112. The minimum Gasteiger partial charge on any atom is -0.466 e. The smallest absolute Gasteiger partial charge is 0.309 e. The third-order valence-electron chi connectivity index (χ3n) is 3.99. The largest absolute Gasteiger partial charge is 0.466 e. The van der Waals surface area contributed by atoms with Crippen LogP contribution in [0.25, 0.3) is 0 Å². The van der Waals surface area contributed by atoms with Gasteiger partial charge in [-0.05, 0) is 70.1 Å². The van der Waals surface area contributed by atoms with Crippen LogP contribution in [0, 0.1) is 5.92 Å². The molecule has 0 spiro atoms. The van der Waals surface area contributed by atoms with Crippen LogP contribution in [0.1, 0.15) is 72.1 Å². The quantitative estimate of drug-likeness (QED) is 0.152. The van der Waals surface area contributed by atoms with E-state index >= 15 is 0 Å². The Morgan fingerprint density at radius 1 is 0.821 bits per heavy atom. The molecule has 0 bridgehead atoms. The van der Waals surface area contributed by atoms with Crippen molar-refractivity contribution in [3.63, 3.8) is 0 Å². The summed E-state index contributed by atoms with van der Waals surface area (Å²) in [6, 6.07) is 0. The molecular formula is C25H38O2S. The fourth-order valence-corrected chi connectivity index (χ4v) is 2.78. The molecule has 0 aliphatic heterocycles. The lowest BCUT2D eigenvalue weighted by Crippen LogP contribution is -2.19. The topological polar surface area (TPSA) is 26.3 Å². The average Bonchev–Trinajstić information content (AvgIpc) is 2.66. The first kappa shape index (κ1) is 26.3. The van der Waals surface area contributed by atoms with Crippen LogP contribution in [0.2, 0.25) is 0 Å². The second-order valence-electron chi connectivity index (χ2n) is 6.64. The fraction of sp³-hybridized carbons (Fsp3) is 0.520. The molecule has 0 aromatic carbocycles. The summed E-state index contributed by atoms with van der Waals surface area (Å²) in [4.78, 5) is 12.8. The molecule has 0 saturated carbocycles. The Kier molecular flexibility index (Phi) is 18.8. The standard InChI is InChI=1S/C25H38O2S/c1-4-6-7-8-9-10-11-12-13-14-15-16-17-18-19-20-21-24(22-23(3)28)25(26)27-5-2/h6-7,9-10,12-13,15-16,18-19,24H,4-5,8,11,14,17,20-22H2,1-3H3. The second kappa shape index (κ2) is 20.0. The highest BCUT2D eigenvalue weighted by molar-refractivity contribution is 7.80. The number of ether oxygens (including phenoxy) is 1. The Morgan fingerprint density at radius 2 is 1.29 bits per heavy atom. The number of hydrogen-bond acceptors (Lipinski definition) is 3. The molecule has 0 aromatic rings. The molecule has 3 heteroatoms. The van der Waals surface area contributed by atoms with Gasteiger partial charge >= 0.3 is 5.97 Å². The summed E-state index contributed by atoms with van der Waals surface area (Å²) in [6.45, 7) is 6.30. The van der Waals surface area contributed by atoms with E-state index in [1.54, 1.807) is 0 Å². The van der Waals surface area contributed by atoms with Crippen molar-refractivity contribution in [2.24, 2.45) is 5.92 Å². The summed E-state index contributed by atoms with van der Waals surface area (Å²) in [5.74, 6) is -0.237. The molecule has 0 fully saturated rings. The normalized spacial score (nSPS) is 13.5. The zero-order valence-electron chi connectivity index (χ0n) is 17.9. The van der Waals surface area contributed by atoms with Crippen LogP contribution in [0.15, 0.2) is 60.8 Å². The van der Waals surface area contributed by atoms with Gasteiger partial charge in [-0.2, -0.15) is 0 Å². The Labute approximate surface area is 178 Å². The van der Waals surface area contributed by atoms with Gasteiger partial charge in [-0.15, -0.1) is 0 Å². The van der Waals surface area contributed by atoms with Crippen LogP contribution >= 0.6 is 12.2 Å². The number of hydrogen-bond donors (Lipinski definition) is 0. The molecule has 0 radical (unpaired) electrons. The highest BCUT2D eigenvalue weighted by Gasteiger charge is 2.19. The van der Waals surface area contributed by atoms with Crippen LogP contribution in [-0.4, -0.2) is 17.4 Å². The van der Waals surface area contributed by atoms with E-state index in [1.807, 2.05) is 13.8 Å². The van der Waals surface area contributed by atoms with Gasteiger partial charge in [0.2, 0.25) is 0 Å². The molecule has 0 amide bonds. The Hall–Kier alpha value is -1.74. The maximum Gasteiger partial charge on any atom is 0.309 e. The molecule has 0 aromatic heterocycles. The fourth-order valence-electron chi connectivity index (χ4n) is 2.58. The minimum atomic E-state index is -0.126. The molecule has 0 aliphatic carbocycles. The SMILES string of the molecule is CCC=CCC=CCC=CCC=CCC=CCCC(CC(C)=S)C(=O)OCC. The lowest BCUT2D eigenvalue weighted by molar-refractivity contribution is -0.147. The predicted molar refractivity (Wildman–Crippen MR) is 127 cm³/mol. The van der Waals surface area contributed by atoms with E-state index in [-0.39, 0.29) is 11.9 Å². The van der Waals surface area contributed by atoms with E-state index in [1.165, 1.54) is 0 Å². The Bertz CT molecular complexity index is 553. The van der Waals surface area contributed by atoms with E-state index in [9.17, 15) is 4.79 Å². The predicted octanol–water partition coefficient (Wildman–Crippen LogP) is 7.48. The van der Waals surface area contributed by atoms with Crippen molar-refractivity contribution in [2.75, 3.05) is 6.61 Å². The molecule has 0 saturated heterocycles. The third kappa shape index (κ3) is 17.7. The van der Waals surface area contributed by atoms with Crippen molar-refractivity contribution in [3.8, 4) is 0 Å². The van der Waals surface area contributed by atoms with Crippen molar-refractivity contribution >= 4 is 23.1 Å². The number of rotatable bonds is 16. The second-order valence-corrected chi connectivity index (χ2v) is 7.34. The van der Waals surface area contributed by atoms with Gasteiger partial charge in [0.05, 0.1) is 12.5 Å². The van der Waals surface area contributed by atoms with E-state index in [0.717, 1.165) is 49.8 Å². The van der Waals surface area contributed by atoms with Crippen molar-refractivity contribution in [3.05, 3.63) is 60.8 Å². The summed E-state index contributed by atoms with van der Waals surface area (Å²) < 4.78 is 5.14. The Morgan fingerprint density at radius 3 is 1.71 bits per heavy atom. The van der Waals surface area contributed by atoms with Crippen molar-refractivity contribution in [2.45, 2.75) is 72.1 Å². The van der Waals surface area contributed by atoms with Gasteiger partial charge in [0, 0.05) is 0 Å². The third-order valence-corrected chi connectivity index (χ3v) is 4.16. The van der Waals surface area contributed by atoms with Gasteiger partial charge in [0.25, 0.3) is 0 Å². The molecule has 0 heterocycles. The first-order chi connectivity index (χ1) is 13.6. The van der Waals surface area contributed by atoms with Gasteiger partial charge in [-0.25, -0.2) is 0 Å². The molecule has 0 N–H and O–H groups in total. The van der Waals surface area contributed by atoms with Gasteiger partial charge in [0.15, 0.2) is 0 Å². The first-order valence-electron chi connectivity index (χ1n) is 10.5. The highest BCUT2D eigenvalue weighted by atomic mass is 32.1. The molecule has 2 nitrogen and oxygen atoms in total. The van der Waals surface area contributed by atoms with Gasteiger partial charge in [-0.1, -0.05) is 79.9 Å². The molecule has 28 heavy (non-hydrogen) atoms. The van der Waals surface area contributed by atoms with Gasteiger partial charge < -0.3 is 4.74 Å². The molecule has 156 valence electrons. The lowest BCUT2D eigenvalue weighted by Gasteiger charge is -2.13. The molecule has 1 unspecified atom stereocenters. The van der Waals surface area contributed by atoms with Crippen LogP contribution in [0.3, 0.4) is 0 Å². The molecule has 0 rings (SSSR count).